The van der Waals surface area contributed by atoms with Gasteiger partial charge < -0.3 is 10.2 Å². The van der Waals surface area contributed by atoms with Crippen molar-refractivity contribution < 1.29 is 9.59 Å². The molecule has 6 nitrogen and oxygen atoms in total. The first-order valence-corrected chi connectivity index (χ1v) is 9.37. The number of carbonyl (C=O) groups is 2. The maximum absolute atomic E-state index is 12.2. The van der Waals surface area contributed by atoms with Crippen molar-refractivity contribution in [2.45, 2.75) is 6.92 Å². The predicted molar refractivity (Wildman–Crippen MR) is 108 cm³/mol. The smallest absolute Gasteiger partial charge is 0.239 e. The van der Waals surface area contributed by atoms with Crippen molar-refractivity contribution in [2.75, 3.05) is 42.9 Å². The van der Waals surface area contributed by atoms with Gasteiger partial charge in [0.1, 0.15) is 0 Å². The number of pyridine rings is 1. The first-order chi connectivity index (χ1) is 12.9. The van der Waals surface area contributed by atoms with Crippen molar-refractivity contribution in [2.24, 2.45) is 0 Å². The van der Waals surface area contributed by atoms with Gasteiger partial charge in [-0.25, -0.2) is 4.98 Å². The summed E-state index contributed by atoms with van der Waals surface area (Å²) in [5.41, 5.74) is 1.80. The van der Waals surface area contributed by atoms with Crippen molar-refractivity contribution in [1.29, 1.82) is 0 Å². The third-order valence-corrected chi connectivity index (χ3v) is 4.94. The average Bonchev–Trinajstić information content (AvgIpc) is 2.65. The van der Waals surface area contributed by atoms with Crippen molar-refractivity contribution in [1.82, 2.24) is 9.88 Å². The zero-order chi connectivity index (χ0) is 19.4. The molecule has 1 amide bonds. The Balaban J connectivity index is 1.50. The largest absolute Gasteiger partial charge is 0.369 e. The third kappa shape index (κ3) is 5.19. The molecule has 0 aliphatic carbocycles. The van der Waals surface area contributed by atoms with Crippen LogP contribution in [0.2, 0.25) is 10.0 Å². The number of hydrogen-bond acceptors (Lipinski definition) is 5. The summed E-state index contributed by atoms with van der Waals surface area (Å²) < 4.78 is 0. The second-order valence-corrected chi connectivity index (χ2v) is 7.24. The number of piperazine rings is 1. The highest BCUT2D eigenvalue weighted by molar-refractivity contribution is 6.36. The van der Waals surface area contributed by atoms with E-state index < -0.39 is 0 Å². The highest BCUT2D eigenvalue weighted by Crippen LogP contribution is 2.22. The minimum absolute atomic E-state index is 0.0627. The van der Waals surface area contributed by atoms with Gasteiger partial charge in [-0.2, -0.15) is 0 Å². The SMILES string of the molecule is CC(=O)c1ccc(N2CCN(CC(=O)Nc3ncc(Cl)cc3Cl)CC2)cc1. The van der Waals surface area contributed by atoms with E-state index in [9.17, 15) is 9.59 Å². The molecule has 1 aliphatic rings. The highest BCUT2D eigenvalue weighted by atomic mass is 35.5. The number of anilines is 2. The molecule has 1 N–H and O–H groups in total. The summed E-state index contributed by atoms with van der Waals surface area (Å²) >= 11 is 11.8. The lowest BCUT2D eigenvalue weighted by Gasteiger charge is -2.35. The van der Waals surface area contributed by atoms with Crippen LogP contribution < -0.4 is 10.2 Å². The van der Waals surface area contributed by atoms with Crippen LogP contribution in [0.1, 0.15) is 17.3 Å². The molecule has 1 aliphatic heterocycles. The lowest BCUT2D eigenvalue weighted by molar-refractivity contribution is -0.117. The molecule has 27 heavy (non-hydrogen) atoms. The number of amides is 1. The molecule has 1 saturated heterocycles. The summed E-state index contributed by atoms with van der Waals surface area (Å²) in [6.45, 7) is 5.00. The topological polar surface area (TPSA) is 65.5 Å². The third-order valence-electron chi connectivity index (χ3n) is 4.44. The van der Waals surface area contributed by atoms with Crippen LogP contribution in [0.3, 0.4) is 0 Å². The molecule has 142 valence electrons. The van der Waals surface area contributed by atoms with Crippen LogP contribution in [0.4, 0.5) is 11.5 Å². The zero-order valence-corrected chi connectivity index (χ0v) is 16.4. The second kappa shape index (κ2) is 8.69. The standard InChI is InChI=1S/C19H20Cl2N4O2/c1-13(26)14-2-4-16(5-3-14)25-8-6-24(7-9-25)12-18(27)23-19-17(21)10-15(20)11-22-19/h2-5,10-11H,6-9,12H2,1H3,(H,22,23,27). The summed E-state index contributed by atoms with van der Waals surface area (Å²) in [7, 11) is 0. The molecule has 0 saturated carbocycles. The summed E-state index contributed by atoms with van der Waals surface area (Å²) in [6, 6.07) is 9.17. The summed E-state index contributed by atoms with van der Waals surface area (Å²) in [4.78, 5) is 32.0. The number of Topliss-reactive ketones (excluding diaryl/α,β-unsaturated/α-hetero) is 1. The van der Waals surface area contributed by atoms with E-state index in [1.807, 2.05) is 24.3 Å². The molecule has 0 atom stereocenters. The van der Waals surface area contributed by atoms with E-state index >= 15 is 0 Å². The van der Waals surface area contributed by atoms with Gasteiger partial charge in [-0.3, -0.25) is 14.5 Å². The van der Waals surface area contributed by atoms with E-state index in [2.05, 4.69) is 20.1 Å². The minimum Gasteiger partial charge on any atom is -0.369 e. The van der Waals surface area contributed by atoms with Gasteiger partial charge in [-0.05, 0) is 37.3 Å². The minimum atomic E-state index is -0.161. The first kappa shape index (κ1) is 19.6. The van der Waals surface area contributed by atoms with E-state index in [1.54, 1.807) is 13.0 Å². The molecule has 2 heterocycles. The fraction of sp³-hybridized carbons (Fsp3) is 0.316. The van der Waals surface area contributed by atoms with E-state index in [0.29, 0.717) is 21.4 Å². The summed E-state index contributed by atoms with van der Waals surface area (Å²) in [6.07, 6.45) is 1.44. The molecular weight excluding hydrogens is 387 g/mol. The molecule has 3 rings (SSSR count). The number of hydrogen-bond donors (Lipinski definition) is 1. The fourth-order valence-corrected chi connectivity index (χ4v) is 3.38. The van der Waals surface area contributed by atoms with Crippen LogP contribution in [0.25, 0.3) is 0 Å². The van der Waals surface area contributed by atoms with Crippen LogP contribution in [0.15, 0.2) is 36.5 Å². The highest BCUT2D eigenvalue weighted by Gasteiger charge is 2.20. The summed E-state index contributed by atoms with van der Waals surface area (Å²) in [5, 5.41) is 3.45. The lowest BCUT2D eigenvalue weighted by Crippen LogP contribution is -2.48. The zero-order valence-electron chi connectivity index (χ0n) is 14.9. The first-order valence-electron chi connectivity index (χ1n) is 8.61. The Bertz CT molecular complexity index is 834. The number of aromatic nitrogens is 1. The van der Waals surface area contributed by atoms with Crippen molar-refractivity contribution in [3.05, 3.63) is 52.1 Å². The van der Waals surface area contributed by atoms with Gasteiger partial charge >= 0.3 is 0 Å². The van der Waals surface area contributed by atoms with E-state index in [0.717, 1.165) is 31.9 Å². The second-order valence-electron chi connectivity index (χ2n) is 6.40. The maximum atomic E-state index is 12.2. The van der Waals surface area contributed by atoms with Crippen molar-refractivity contribution in [3.8, 4) is 0 Å². The normalized spacial score (nSPS) is 14.9. The van der Waals surface area contributed by atoms with Crippen LogP contribution in [-0.2, 0) is 4.79 Å². The Morgan fingerprint density at radius 1 is 1.11 bits per heavy atom. The van der Waals surface area contributed by atoms with E-state index in [4.69, 9.17) is 23.2 Å². The molecule has 1 aromatic carbocycles. The number of ketones is 1. The Kier molecular flexibility index (Phi) is 6.31. The molecule has 0 bridgehead atoms. The number of nitrogens with one attached hydrogen (secondary N) is 1. The van der Waals surface area contributed by atoms with Gasteiger partial charge in [0.25, 0.3) is 0 Å². The fourth-order valence-electron chi connectivity index (χ4n) is 2.95. The Morgan fingerprint density at radius 3 is 2.37 bits per heavy atom. The Morgan fingerprint density at radius 2 is 1.78 bits per heavy atom. The number of carbonyl (C=O) groups excluding carboxylic acids is 2. The monoisotopic (exact) mass is 406 g/mol. The Hall–Kier alpha value is -2.15. The van der Waals surface area contributed by atoms with Crippen LogP contribution in [0.5, 0.6) is 0 Å². The van der Waals surface area contributed by atoms with E-state index in [1.165, 1.54) is 6.20 Å². The quantitative estimate of drug-likeness (QED) is 0.771. The molecule has 2 aromatic rings. The maximum Gasteiger partial charge on any atom is 0.239 e. The van der Waals surface area contributed by atoms with Gasteiger partial charge in [0.05, 0.1) is 16.6 Å². The Labute approximate surface area is 168 Å². The van der Waals surface area contributed by atoms with Crippen LogP contribution in [-0.4, -0.2) is 54.3 Å². The average molecular weight is 407 g/mol. The van der Waals surface area contributed by atoms with Gasteiger partial charge in [0.15, 0.2) is 11.6 Å². The van der Waals surface area contributed by atoms with Gasteiger partial charge in [-0.15, -0.1) is 0 Å². The number of rotatable bonds is 5. The number of benzene rings is 1. The van der Waals surface area contributed by atoms with Crippen molar-refractivity contribution >= 4 is 46.4 Å². The molecule has 0 unspecified atom stereocenters. The van der Waals surface area contributed by atoms with Gasteiger partial charge in [-0.1, -0.05) is 23.2 Å². The molecule has 0 spiro atoms. The van der Waals surface area contributed by atoms with E-state index in [-0.39, 0.29) is 18.2 Å². The molecule has 8 heteroatoms. The lowest BCUT2D eigenvalue weighted by atomic mass is 10.1. The van der Waals surface area contributed by atoms with Gasteiger partial charge in [0, 0.05) is 43.6 Å². The van der Waals surface area contributed by atoms with Crippen molar-refractivity contribution in [3.63, 3.8) is 0 Å². The van der Waals surface area contributed by atoms with Crippen LogP contribution >= 0.6 is 23.2 Å². The van der Waals surface area contributed by atoms with Gasteiger partial charge in [0.2, 0.25) is 5.91 Å². The molecular formula is C19H20Cl2N4O2. The number of nitrogens with zero attached hydrogens (tertiary/aromatic N) is 3. The molecule has 1 fully saturated rings. The molecule has 1 aromatic heterocycles. The number of halogens is 2. The van der Waals surface area contributed by atoms with Crippen LogP contribution in [0, 0.1) is 0 Å². The summed E-state index contributed by atoms with van der Waals surface area (Å²) in [5.74, 6) is 0.217. The molecule has 0 radical (unpaired) electrons. The predicted octanol–water partition coefficient (Wildman–Crippen LogP) is 3.35.